The van der Waals surface area contributed by atoms with E-state index < -0.39 is 4.92 Å². The zero-order valence-corrected chi connectivity index (χ0v) is 9.89. The Hall–Kier alpha value is -2.68. The first-order valence-electron chi connectivity index (χ1n) is 5.21. The average Bonchev–Trinajstić information content (AvgIpc) is 2.37. The monoisotopic (exact) mass is 242 g/mol. The number of benzene rings is 1. The molecule has 0 radical (unpaired) electrons. The van der Waals surface area contributed by atoms with Crippen molar-refractivity contribution in [3.05, 3.63) is 34.1 Å². The standard InChI is InChI=1S/C12H10N4O2/c1-3-4-8-5-10-9(6-11(8)16(17)18)12(13-2)15-7-14-10/h5-7H,1-2H3,(H,13,14,15). The number of nitro groups is 1. The number of hydrogen-bond acceptors (Lipinski definition) is 5. The van der Waals surface area contributed by atoms with Gasteiger partial charge in [0.1, 0.15) is 17.7 Å². The van der Waals surface area contributed by atoms with Crippen LogP contribution in [0.5, 0.6) is 0 Å². The maximum atomic E-state index is 11.0. The highest BCUT2D eigenvalue weighted by molar-refractivity contribution is 5.92. The fourth-order valence-electron chi connectivity index (χ4n) is 1.68. The predicted octanol–water partition coefficient (Wildman–Crippen LogP) is 1.95. The summed E-state index contributed by atoms with van der Waals surface area (Å²) in [5.41, 5.74) is 0.941. The Morgan fingerprint density at radius 3 is 2.78 bits per heavy atom. The highest BCUT2D eigenvalue weighted by Gasteiger charge is 2.16. The number of nitrogens with zero attached hydrogens (tertiary/aromatic N) is 3. The number of nitro benzene ring substituents is 1. The molecule has 0 amide bonds. The third kappa shape index (κ3) is 1.94. The number of anilines is 1. The van der Waals surface area contributed by atoms with Gasteiger partial charge in [-0.25, -0.2) is 9.97 Å². The van der Waals surface area contributed by atoms with Crippen LogP contribution in [0.3, 0.4) is 0 Å². The summed E-state index contributed by atoms with van der Waals surface area (Å²) in [6.45, 7) is 1.63. The number of hydrogen-bond donors (Lipinski definition) is 1. The van der Waals surface area contributed by atoms with Gasteiger partial charge in [0.15, 0.2) is 0 Å². The number of nitrogens with one attached hydrogen (secondary N) is 1. The minimum Gasteiger partial charge on any atom is -0.373 e. The van der Waals surface area contributed by atoms with Gasteiger partial charge in [0, 0.05) is 18.5 Å². The molecule has 0 aliphatic heterocycles. The smallest absolute Gasteiger partial charge is 0.285 e. The van der Waals surface area contributed by atoms with Crippen molar-refractivity contribution in [3.8, 4) is 11.8 Å². The van der Waals surface area contributed by atoms with Crippen LogP contribution in [0.1, 0.15) is 12.5 Å². The molecule has 1 heterocycles. The normalized spacial score (nSPS) is 9.67. The van der Waals surface area contributed by atoms with Crippen LogP contribution in [0, 0.1) is 22.0 Å². The molecular formula is C12H10N4O2. The maximum Gasteiger partial charge on any atom is 0.285 e. The second-order valence-corrected chi connectivity index (χ2v) is 3.49. The third-order valence-corrected chi connectivity index (χ3v) is 2.45. The van der Waals surface area contributed by atoms with Crippen LogP contribution in [0.2, 0.25) is 0 Å². The summed E-state index contributed by atoms with van der Waals surface area (Å²) >= 11 is 0. The molecule has 6 nitrogen and oxygen atoms in total. The van der Waals surface area contributed by atoms with Crippen LogP contribution in [0.25, 0.3) is 10.9 Å². The Morgan fingerprint density at radius 1 is 1.39 bits per heavy atom. The molecule has 1 N–H and O–H groups in total. The summed E-state index contributed by atoms with van der Waals surface area (Å²) in [5.74, 6) is 5.93. The van der Waals surface area contributed by atoms with E-state index >= 15 is 0 Å². The van der Waals surface area contributed by atoms with Gasteiger partial charge < -0.3 is 5.32 Å². The maximum absolute atomic E-state index is 11.0. The van der Waals surface area contributed by atoms with E-state index in [0.29, 0.717) is 22.3 Å². The Kier molecular flexibility index (Phi) is 3.06. The minimum atomic E-state index is -0.453. The lowest BCUT2D eigenvalue weighted by molar-refractivity contribution is -0.385. The summed E-state index contributed by atoms with van der Waals surface area (Å²) in [7, 11) is 1.70. The molecule has 0 spiro atoms. The van der Waals surface area contributed by atoms with Crippen molar-refractivity contribution in [2.24, 2.45) is 0 Å². The fourth-order valence-corrected chi connectivity index (χ4v) is 1.68. The molecule has 0 fully saturated rings. The molecule has 0 atom stereocenters. The molecule has 0 unspecified atom stereocenters. The molecule has 0 bridgehead atoms. The molecule has 18 heavy (non-hydrogen) atoms. The van der Waals surface area contributed by atoms with Crippen LogP contribution in [0.15, 0.2) is 18.5 Å². The molecule has 1 aromatic carbocycles. The second-order valence-electron chi connectivity index (χ2n) is 3.49. The lowest BCUT2D eigenvalue weighted by atomic mass is 10.1. The van der Waals surface area contributed by atoms with Gasteiger partial charge in [0.05, 0.1) is 10.4 Å². The molecular weight excluding hydrogens is 232 g/mol. The molecule has 0 saturated heterocycles. The zero-order chi connectivity index (χ0) is 13.1. The highest BCUT2D eigenvalue weighted by atomic mass is 16.6. The number of rotatable bonds is 2. The minimum absolute atomic E-state index is 0.0387. The molecule has 0 saturated carbocycles. The van der Waals surface area contributed by atoms with E-state index in [1.165, 1.54) is 12.4 Å². The van der Waals surface area contributed by atoms with E-state index in [-0.39, 0.29) is 5.69 Å². The number of aromatic nitrogens is 2. The van der Waals surface area contributed by atoms with Crippen LogP contribution < -0.4 is 5.32 Å². The van der Waals surface area contributed by atoms with E-state index in [1.54, 1.807) is 20.0 Å². The fraction of sp³-hybridized carbons (Fsp3) is 0.167. The van der Waals surface area contributed by atoms with Gasteiger partial charge in [-0.3, -0.25) is 10.1 Å². The van der Waals surface area contributed by atoms with Crippen molar-refractivity contribution in [3.63, 3.8) is 0 Å². The van der Waals surface area contributed by atoms with Crippen LogP contribution >= 0.6 is 0 Å². The van der Waals surface area contributed by atoms with Gasteiger partial charge in [-0.05, 0) is 13.0 Å². The van der Waals surface area contributed by atoms with E-state index in [0.717, 1.165) is 0 Å². The highest BCUT2D eigenvalue weighted by Crippen LogP contribution is 2.27. The molecule has 2 aromatic rings. The zero-order valence-electron chi connectivity index (χ0n) is 9.89. The largest absolute Gasteiger partial charge is 0.373 e. The Labute approximate surface area is 103 Å². The number of fused-ring (bicyclic) bond motifs is 1. The van der Waals surface area contributed by atoms with Crippen molar-refractivity contribution in [2.45, 2.75) is 6.92 Å². The predicted molar refractivity (Wildman–Crippen MR) is 68.3 cm³/mol. The van der Waals surface area contributed by atoms with Crippen molar-refractivity contribution < 1.29 is 4.92 Å². The van der Waals surface area contributed by atoms with Crippen LogP contribution in [-0.4, -0.2) is 21.9 Å². The van der Waals surface area contributed by atoms with Crippen LogP contribution in [0.4, 0.5) is 11.5 Å². The lowest BCUT2D eigenvalue weighted by Crippen LogP contribution is -1.98. The third-order valence-electron chi connectivity index (χ3n) is 2.45. The van der Waals surface area contributed by atoms with Gasteiger partial charge in [0.25, 0.3) is 5.69 Å². The first-order chi connectivity index (χ1) is 8.67. The lowest BCUT2D eigenvalue weighted by Gasteiger charge is -2.04. The van der Waals surface area contributed by atoms with Crippen molar-refractivity contribution in [1.82, 2.24) is 9.97 Å². The molecule has 6 heteroatoms. The first-order valence-corrected chi connectivity index (χ1v) is 5.21. The van der Waals surface area contributed by atoms with Crippen molar-refractivity contribution in [2.75, 3.05) is 12.4 Å². The molecule has 0 aliphatic carbocycles. The molecule has 0 aliphatic rings. The second kappa shape index (κ2) is 4.67. The quantitative estimate of drug-likeness (QED) is 0.494. The van der Waals surface area contributed by atoms with Gasteiger partial charge in [-0.2, -0.15) is 0 Å². The molecule has 2 rings (SSSR count). The molecule has 90 valence electrons. The summed E-state index contributed by atoms with van der Waals surface area (Å²) in [4.78, 5) is 18.7. The summed E-state index contributed by atoms with van der Waals surface area (Å²) in [6, 6.07) is 3.05. The SMILES string of the molecule is CC#Cc1cc2ncnc(NC)c2cc1[N+](=O)[O-]. The Balaban J connectivity index is 2.83. The van der Waals surface area contributed by atoms with Crippen LogP contribution in [-0.2, 0) is 0 Å². The van der Waals surface area contributed by atoms with E-state index in [2.05, 4.69) is 27.1 Å². The van der Waals surface area contributed by atoms with Gasteiger partial charge in [-0.15, -0.1) is 5.92 Å². The van der Waals surface area contributed by atoms with Crippen molar-refractivity contribution >= 4 is 22.4 Å². The summed E-state index contributed by atoms with van der Waals surface area (Å²) in [5, 5.41) is 14.5. The Bertz CT molecular complexity index is 686. The van der Waals surface area contributed by atoms with E-state index in [4.69, 9.17) is 0 Å². The Morgan fingerprint density at radius 2 is 2.17 bits per heavy atom. The molecule has 1 aromatic heterocycles. The first kappa shape index (κ1) is 11.8. The van der Waals surface area contributed by atoms with E-state index in [9.17, 15) is 10.1 Å². The average molecular weight is 242 g/mol. The summed E-state index contributed by atoms with van der Waals surface area (Å²) < 4.78 is 0. The topological polar surface area (TPSA) is 81.0 Å². The van der Waals surface area contributed by atoms with Crippen molar-refractivity contribution in [1.29, 1.82) is 0 Å². The van der Waals surface area contributed by atoms with E-state index in [1.807, 2.05) is 0 Å². The summed E-state index contributed by atoms with van der Waals surface area (Å²) in [6.07, 6.45) is 1.41. The van der Waals surface area contributed by atoms with Gasteiger partial charge in [-0.1, -0.05) is 5.92 Å². The van der Waals surface area contributed by atoms with Gasteiger partial charge >= 0.3 is 0 Å². The van der Waals surface area contributed by atoms with Gasteiger partial charge in [0.2, 0.25) is 0 Å².